The molecule has 0 aliphatic heterocycles. The zero-order chi connectivity index (χ0) is 15.1. The number of fused-ring (bicyclic) bond motifs is 1. The molecule has 1 heterocycles. The van der Waals surface area contributed by atoms with Gasteiger partial charge in [0.1, 0.15) is 0 Å². The van der Waals surface area contributed by atoms with Crippen molar-refractivity contribution >= 4 is 48.7 Å². The third-order valence-corrected chi connectivity index (χ3v) is 5.40. The average molecular weight is 404 g/mol. The highest BCUT2D eigenvalue weighted by atomic mass is 79.9. The van der Waals surface area contributed by atoms with Crippen molar-refractivity contribution in [3.8, 4) is 0 Å². The lowest BCUT2D eigenvalue weighted by Gasteiger charge is -2.33. The number of aromatic nitrogens is 1. The first-order valence-corrected chi connectivity index (χ1v) is 7.71. The molecule has 0 aliphatic carbocycles. The van der Waals surface area contributed by atoms with Crippen LogP contribution in [0, 0.1) is 0 Å². The SMILES string of the molecule is CN(C(=O)c1c[nH]c2cc(Br)c(Br)cc12)C(C)(C)CO. The van der Waals surface area contributed by atoms with Crippen molar-refractivity contribution in [3.63, 3.8) is 0 Å². The highest BCUT2D eigenvalue weighted by Gasteiger charge is 2.29. The van der Waals surface area contributed by atoms with Crippen LogP contribution in [0.4, 0.5) is 0 Å². The van der Waals surface area contributed by atoms with Gasteiger partial charge in [0.05, 0.1) is 17.7 Å². The van der Waals surface area contributed by atoms with Gasteiger partial charge in [-0.15, -0.1) is 0 Å². The van der Waals surface area contributed by atoms with E-state index >= 15 is 0 Å². The van der Waals surface area contributed by atoms with Gasteiger partial charge >= 0.3 is 0 Å². The summed E-state index contributed by atoms with van der Waals surface area (Å²) < 4.78 is 1.82. The Morgan fingerprint density at radius 3 is 2.55 bits per heavy atom. The number of halogens is 2. The van der Waals surface area contributed by atoms with Crippen molar-refractivity contribution in [2.24, 2.45) is 0 Å². The summed E-state index contributed by atoms with van der Waals surface area (Å²) in [6, 6.07) is 3.83. The number of aliphatic hydroxyl groups is 1. The molecule has 0 fully saturated rings. The van der Waals surface area contributed by atoms with Crippen LogP contribution in [0.3, 0.4) is 0 Å². The second-order valence-electron chi connectivity index (χ2n) is 5.35. The molecular weight excluding hydrogens is 388 g/mol. The van der Waals surface area contributed by atoms with Crippen LogP contribution in [0.1, 0.15) is 24.2 Å². The predicted molar refractivity (Wildman–Crippen MR) is 87.0 cm³/mol. The number of nitrogens with zero attached hydrogens (tertiary/aromatic N) is 1. The molecule has 0 saturated heterocycles. The van der Waals surface area contributed by atoms with Crippen LogP contribution in [-0.4, -0.2) is 40.1 Å². The Morgan fingerprint density at radius 2 is 1.95 bits per heavy atom. The van der Waals surface area contributed by atoms with Gasteiger partial charge in [-0.25, -0.2) is 0 Å². The van der Waals surface area contributed by atoms with Crippen LogP contribution in [-0.2, 0) is 0 Å². The fraction of sp³-hybridized carbons (Fsp3) is 0.357. The highest BCUT2D eigenvalue weighted by molar-refractivity contribution is 9.13. The minimum Gasteiger partial charge on any atom is -0.394 e. The molecule has 20 heavy (non-hydrogen) atoms. The van der Waals surface area contributed by atoms with Crippen LogP contribution < -0.4 is 0 Å². The predicted octanol–water partition coefficient (Wildman–Crippen LogP) is 3.54. The lowest BCUT2D eigenvalue weighted by atomic mass is 10.0. The van der Waals surface area contributed by atoms with Crippen molar-refractivity contribution in [3.05, 3.63) is 32.8 Å². The first-order chi connectivity index (χ1) is 9.27. The summed E-state index contributed by atoms with van der Waals surface area (Å²) in [5.41, 5.74) is 0.878. The van der Waals surface area contributed by atoms with Crippen molar-refractivity contribution in [1.82, 2.24) is 9.88 Å². The molecule has 4 nitrogen and oxygen atoms in total. The molecule has 2 aromatic rings. The van der Waals surface area contributed by atoms with Gasteiger partial charge in [0.15, 0.2) is 0 Å². The van der Waals surface area contributed by atoms with Gasteiger partial charge in [-0.2, -0.15) is 0 Å². The molecular formula is C14H16Br2N2O2. The maximum Gasteiger partial charge on any atom is 0.256 e. The maximum absolute atomic E-state index is 12.6. The highest BCUT2D eigenvalue weighted by Crippen LogP contribution is 2.31. The third kappa shape index (κ3) is 2.64. The number of aliphatic hydroxyl groups excluding tert-OH is 1. The van der Waals surface area contributed by atoms with Gasteiger partial charge in [-0.3, -0.25) is 4.79 Å². The summed E-state index contributed by atoms with van der Waals surface area (Å²) in [6.45, 7) is 3.56. The molecule has 0 saturated carbocycles. The van der Waals surface area contributed by atoms with Gasteiger partial charge in [0, 0.05) is 33.1 Å². The molecule has 0 atom stereocenters. The molecule has 2 N–H and O–H groups in total. The molecule has 1 amide bonds. The molecule has 6 heteroatoms. The summed E-state index contributed by atoms with van der Waals surface area (Å²) >= 11 is 6.89. The van der Waals surface area contributed by atoms with E-state index in [0.717, 1.165) is 19.8 Å². The monoisotopic (exact) mass is 402 g/mol. The van der Waals surface area contributed by atoms with E-state index in [2.05, 4.69) is 36.8 Å². The number of nitrogens with one attached hydrogen (secondary N) is 1. The van der Waals surface area contributed by atoms with Crippen LogP contribution in [0.5, 0.6) is 0 Å². The topological polar surface area (TPSA) is 56.3 Å². The lowest BCUT2D eigenvalue weighted by Crippen LogP contribution is -2.47. The van der Waals surface area contributed by atoms with E-state index in [0.29, 0.717) is 5.56 Å². The number of hydrogen-bond acceptors (Lipinski definition) is 2. The number of rotatable bonds is 3. The van der Waals surface area contributed by atoms with E-state index in [9.17, 15) is 9.90 Å². The normalized spacial score (nSPS) is 11.9. The fourth-order valence-corrected chi connectivity index (χ4v) is 2.54. The molecule has 0 spiro atoms. The van der Waals surface area contributed by atoms with Crippen LogP contribution in [0.2, 0.25) is 0 Å². The Bertz CT molecular complexity index is 664. The summed E-state index contributed by atoms with van der Waals surface area (Å²) in [5.74, 6) is -0.121. The van der Waals surface area contributed by atoms with Gasteiger partial charge in [0.25, 0.3) is 5.91 Å². The summed E-state index contributed by atoms with van der Waals surface area (Å²) in [6.07, 6.45) is 1.70. The Kier molecular flexibility index (Phi) is 4.27. The molecule has 1 aromatic carbocycles. The van der Waals surface area contributed by atoms with Gasteiger partial charge in [-0.05, 0) is 57.8 Å². The van der Waals surface area contributed by atoms with Crippen molar-refractivity contribution in [2.75, 3.05) is 13.7 Å². The number of amides is 1. The molecule has 0 aliphatic rings. The zero-order valence-electron chi connectivity index (χ0n) is 11.5. The quantitative estimate of drug-likeness (QED) is 0.823. The Balaban J connectivity index is 2.48. The number of aromatic amines is 1. The Morgan fingerprint density at radius 1 is 1.35 bits per heavy atom. The molecule has 108 valence electrons. The number of benzene rings is 1. The maximum atomic E-state index is 12.6. The standard InChI is InChI=1S/C14H16Br2N2O2/c1-14(2,7-19)18(3)13(20)9-6-17-12-5-11(16)10(15)4-8(9)12/h4-6,17,19H,7H2,1-3H3. The summed E-state index contributed by atoms with van der Waals surface area (Å²) in [4.78, 5) is 17.3. The van der Waals surface area contributed by atoms with Crippen LogP contribution >= 0.6 is 31.9 Å². The van der Waals surface area contributed by atoms with Gasteiger partial charge in [0.2, 0.25) is 0 Å². The Labute approximate surface area is 134 Å². The Hall–Kier alpha value is -0.850. The number of hydrogen-bond donors (Lipinski definition) is 2. The van der Waals surface area contributed by atoms with Crippen molar-refractivity contribution in [2.45, 2.75) is 19.4 Å². The molecule has 1 aromatic heterocycles. The lowest BCUT2D eigenvalue weighted by molar-refractivity contribution is 0.0475. The van der Waals surface area contributed by atoms with Crippen LogP contribution in [0.25, 0.3) is 10.9 Å². The van der Waals surface area contributed by atoms with E-state index in [-0.39, 0.29) is 12.5 Å². The first-order valence-electron chi connectivity index (χ1n) is 6.13. The van der Waals surface area contributed by atoms with E-state index < -0.39 is 5.54 Å². The van der Waals surface area contributed by atoms with Crippen LogP contribution in [0.15, 0.2) is 27.3 Å². The number of carbonyl (C=O) groups is 1. The molecule has 2 rings (SSSR count). The summed E-state index contributed by atoms with van der Waals surface area (Å²) in [5, 5.41) is 10.2. The van der Waals surface area contributed by atoms with Gasteiger partial charge in [-0.1, -0.05) is 0 Å². The smallest absolute Gasteiger partial charge is 0.256 e. The van der Waals surface area contributed by atoms with E-state index in [1.165, 1.54) is 0 Å². The molecule has 0 bridgehead atoms. The van der Waals surface area contributed by atoms with Crippen molar-refractivity contribution < 1.29 is 9.90 Å². The molecule has 0 radical (unpaired) electrons. The van der Waals surface area contributed by atoms with E-state index in [1.54, 1.807) is 18.1 Å². The molecule has 0 unspecified atom stereocenters. The minimum absolute atomic E-state index is 0.0904. The van der Waals surface area contributed by atoms with Gasteiger partial charge < -0.3 is 15.0 Å². The second kappa shape index (κ2) is 5.50. The number of carbonyl (C=O) groups excluding carboxylic acids is 1. The third-order valence-electron chi connectivity index (χ3n) is 3.55. The van der Waals surface area contributed by atoms with E-state index in [4.69, 9.17) is 0 Å². The zero-order valence-corrected chi connectivity index (χ0v) is 14.7. The second-order valence-corrected chi connectivity index (χ2v) is 7.06. The largest absolute Gasteiger partial charge is 0.394 e. The van der Waals surface area contributed by atoms with Crippen molar-refractivity contribution in [1.29, 1.82) is 0 Å². The first kappa shape index (κ1) is 15.5. The summed E-state index contributed by atoms with van der Waals surface area (Å²) in [7, 11) is 1.70. The number of likely N-dealkylation sites (N-methyl/N-ethyl adjacent to an activating group) is 1. The average Bonchev–Trinajstić information content (AvgIpc) is 2.80. The number of H-pyrrole nitrogens is 1. The fourth-order valence-electron chi connectivity index (χ4n) is 1.86. The van der Waals surface area contributed by atoms with E-state index in [1.807, 2.05) is 26.0 Å². The minimum atomic E-state index is -0.604.